The van der Waals surface area contributed by atoms with Gasteiger partial charge in [-0.2, -0.15) is 12.6 Å². The molecule has 0 spiro atoms. The van der Waals surface area contributed by atoms with Gasteiger partial charge in [0.25, 0.3) is 0 Å². The Morgan fingerprint density at radius 2 is 2.08 bits per heavy atom. The summed E-state index contributed by atoms with van der Waals surface area (Å²) in [5, 5.41) is 0. The van der Waals surface area contributed by atoms with Crippen molar-refractivity contribution in [2.24, 2.45) is 0 Å². The van der Waals surface area contributed by atoms with Gasteiger partial charge in [0.2, 0.25) is 0 Å². The van der Waals surface area contributed by atoms with Gasteiger partial charge in [-0.05, 0) is 19.5 Å². The van der Waals surface area contributed by atoms with E-state index in [1.165, 1.54) is 25.0 Å². The second-order valence-electron chi connectivity index (χ2n) is 3.13. The van der Waals surface area contributed by atoms with Crippen molar-refractivity contribution in [2.45, 2.75) is 26.7 Å². The Bertz CT molecular complexity index is 123. The molecule has 0 bridgehead atoms. The fraction of sp³-hybridized carbons (Fsp3) is 0.800. The molecule has 0 rings (SSSR count). The van der Waals surface area contributed by atoms with Crippen LogP contribution in [0.1, 0.15) is 26.7 Å². The maximum absolute atomic E-state index is 4.19. The van der Waals surface area contributed by atoms with Crippen molar-refractivity contribution in [1.82, 2.24) is 4.90 Å². The number of unbranched alkanes of at least 4 members (excludes halogenated alkanes) is 1. The first-order valence-corrected chi connectivity index (χ1v) is 5.37. The highest BCUT2D eigenvalue weighted by Crippen LogP contribution is 2.00. The predicted molar refractivity (Wildman–Crippen MR) is 60.0 cm³/mol. The third-order valence-electron chi connectivity index (χ3n) is 1.95. The zero-order valence-electron chi connectivity index (χ0n) is 8.34. The molecule has 1 nitrogen and oxygen atoms in total. The van der Waals surface area contributed by atoms with Gasteiger partial charge in [-0.3, -0.25) is 4.90 Å². The summed E-state index contributed by atoms with van der Waals surface area (Å²) in [6.07, 6.45) is 2.55. The molecule has 72 valence electrons. The summed E-state index contributed by atoms with van der Waals surface area (Å²) < 4.78 is 0. The maximum Gasteiger partial charge on any atom is 0.0198 e. The fourth-order valence-corrected chi connectivity index (χ4v) is 1.20. The molecular weight excluding hydrogens is 166 g/mol. The van der Waals surface area contributed by atoms with E-state index in [2.05, 4.69) is 38.0 Å². The van der Waals surface area contributed by atoms with Crippen molar-refractivity contribution in [3.63, 3.8) is 0 Å². The standard InChI is InChI=1S/C10H21NS/c1-4-6-7-11(5-2)8-10(3)9-12/h12H,3-9H2,1-2H3. The molecule has 0 unspecified atom stereocenters. The molecule has 0 fully saturated rings. The Balaban J connectivity index is 3.59. The molecule has 0 saturated carbocycles. The molecular formula is C10H21NS. The largest absolute Gasteiger partial charge is 0.300 e. The number of likely N-dealkylation sites (N-methyl/N-ethyl adjacent to an activating group) is 1. The first-order valence-electron chi connectivity index (χ1n) is 4.74. The molecule has 2 heteroatoms. The number of nitrogens with zero attached hydrogens (tertiary/aromatic N) is 1. The van der Waals surface area contributed by atoms with E-state index < -0.39 is 0 Å². The van der Waals surface area contributed by atoms with E-state index in [0.717, 1.165) is 18.8 Å². The quantitative estimate of drug-likeness (QED) is 0.473. The van der Waals surface area contributed by atoms with Crippen LogP contribution in [0.4, 0.5) is 0 Å². The summed E-state index contributed by atoms with van der Waals surface area (Å²) in [5.74, 6) is 0.808. The Hall–Kier alpha value is 0.0500. The fourth-order valence-electron chi connectivity index (χ4n) is 1.10. The van der Waals surface area contributed by atoms with E-state index in [-0.39, 0.29) is 0 Å². The molecule has 0 heterocycles. The summed E-state index contributed by atoms with van der Waals surface area (Å²) in [4.78, 5) is 2.42. The predicted octanol–water partition coefficient (Wildman–Crippen LogP) is 2.59. The summed E-state index contributed by atoms with van der Waals surface area (Å²) in [5.41, 5.74) is 1.22. The molecule has 0 amide bonds. The smallest absolute Gasteiger partial charge is 0.0198 e. The van der Waals surface area contributed by atoms with E-state index in [9.17, 15) is 0 Å². The molecule has 0 N–H and O–H groups in total. The lowest BCUT2D eigenvalue weighted by molar-refractivity contribution is 0.307. The lowest BCUT2D eigenvalue weighted by Crippen LogP contribution is -2.26. The Morgan fingerprint density at radius 3 is 2.50 bits per heavy atom. The minimum absolute atomic E-state index is 0.808. The van der Waals surface area contributed by atoms with Crippen LogP contribution in [0.2, 0.25) is 0 Å². The van der Waals surface area contributed by atoms with Crippen LogP contribution in [0, 0.1) is 0 Å². The number of thiol groups is 1. The van der Waals surface area contributed by atoms with Crippen LogP contribution in [0.15, 0.2) is 12.2 Å². The normalized spacial score (nSPS) is 10.7. The summed E-state index contributed by atoms with van der Waals surface area (Å²) >= 11 is 4.19. The minimum Gasteiger partial charge on any atom is -0.300 e. The molecule has 0 radical (unpaired) electrons. The zero-order valence-corrected chi connectivity index (χ0v) is 9.24. The molecule has 0 aliphatic rings. The SMILES string of the molecule is C=C(CS)CN(CC)CCCC. The first kappa shape index (κ1) is 12.0. The van der Waals surface area contributed by atoms with Crippen molar-refractivity contribution < 1.29 is 0 Å². The van der Waals surface area contributed by atoms with E-state index in [1.807, 2.05) is 0 Å². The molecule has 0 aliphatic heterocycles. The summed E-state index contributed by atoms with van der Waals surface area (Å²) in [6.45, 7) is 11.7. The molecule has 0 aliphatic carbocycles. The maximum atomic E-state index is 4.19. The average molecular weight is 187 g/mol. The van der Waals surface area contributed by atoms with E-state index in [1.54, 1.807) is 0 Å². The molecule has 0 atom stereocenters. The molecule has 0 aromatic rings. The lowest BCUT2D eigenvalue weighted by atomic mass is 10.2. The summed E-state index contributed by atoms with van der Waals surface area (Å²) in [7, 11) is 0. The third kappa shape index (κ3) is 5.67. The van der Waals surface area contributed by atoms with Gasteiger partial charge in [0, 0.05) is 12.3 Å². The van der Waals surface area contributed by atoms with Crippen LogP contribution < -0.4 is 0 Å². The van der Waals surface area contributed by atoms with Gasteiger partial charge in [-0.1, -0.05) is 32.4 Å². The molecule has 0 saturated heterocycles. The van der Waals surface area contributed by atoms with Crippen molar-refractivity contribution in [2.75, 3.05) is 25.4 Å². The summed E-state index contributed by atoms with van der Waals surface area (Å²) in [6, 6.07) is 0. The van der Waals surface area contributed by atoms with Crippen LogP contribution in [0.5, 0.6) is 0 Å². The zero-order chi connectivity index (χ0) is 9.40. The monoisotopic (exact) mass is 187 g/mol. The van der Waals surface area contributed by atoms with E-state index in [0.29, 0.717) is 0 Å². The highest BCUT2D eigenvalue weighted by molar-refractivity contribution is 7.80. The van der Waals surface area contributed by atoms with Gasteiger partial charge in [0.1, 0.15) is 0 Å². The molecule has 0 aromatic carbocycles. The number of hydrogen-bond acceptors (Lipinski definition) is 2. The van der Waals surface area contributed by atoms with E-state index in [4.69, 9.17) is 0 Å². The van der Waals surface area contributed by atoms with Crippen molar-refractivity contribution in [3.8, 4) is 0 Å². The van der Waals surface area contributed by atoms with Crippen LogP contribution >= 0.6 is 12.6 Å². The average Bonchev–Trinajstić information content (AvgIpc) is 2.11. The van der Waals surface area contributed by atoms with Gasteiger partial charge in [0.15, 0.2) is 0 Å². The van der Waals surface area contributed by atoms with E-state index >= 15 is 0 Å². The Labute approximate surface area is 82.2 Å². The van der Waals surface area contributed by atoms with Crippen LogP contribution in [0.25, 0.3) is 0 Å². The van der Waals surface area contributed by atoms with Gasteiger partial charge < -0.3 is 0 Å². The van der Waals surface area contributed by atoms with Gasteiger partial charge >= 0.3 is 0 Å². The van der Waals surface area contributed by atoms with Gasteiger partial charge in [0.05, 0.1) is 0 Å². The minimum atomic E-state index is 0.808. The second-order valence-corrected chi connectivity index (χ2v) is 3.45. The highest BCUT2D eigenvalue weighted by atomic mass is 32.1. The van der Waals surface area contributed by atoms with Crippen molar-refractivity contribution >= 4 is 12.6 Å². The third-order valence-corrected chi connectivity index (χ3v) is 2.39. The second kappa shape index (κ2) is 7.69. The lowest BCUT2D eigenvalue weighted by Gasteiger charge is -2.20. The van der Waals surface area contributed by atoms with Crippen molar-refractivity contribution in [3.05, 3.63) is 12.2 Å². The van der Waals surface area contributed by atoms with Crippen LogP contribution in [-0.2, 0) is 0 Å². The Morgan fingerprint density at radius 1 is 1.42 bits per heavy atom. The van der Waals surface area contributed by atoms with Crippen LogP contribution in [0.3, 0.4) is 0 Å². The van der Waals surface area contributed by atoms with Gasteiger partial charge in [-0.15, -0.1) is 0 Å². The first-order chi connectivity index (χ1) is 5.74. The topological polar surface area (TPSA) is 3.24 Å². The number of hydrogen-bond donors (Lipinski definition) is 1. The Kier molecular flexibility index (Phi) is 7.72. The highest BCUT2D eigenvalue weighted by Gasteiger charge is 2.01. The van der Waals surface area contributed by atoms with Crippen LogP contribution in [-0.4, -0.2) is 30.3 Å². The molecule has 0 aromatic heterocycles. The number of rotatable bonds is 7. The van der Waals surface area contributed by atoms with Gasteiger partial charge in [-0.25, -0.2) is 0 Å². The molecule has 12 heavy (non-hydrogen) atoms. The van der Waals surface area contributed by atoms with Crippen molar-refractivity contribution in [1.29, 1.82) is 0 Å².